The predicted octanol–water partition coefficient (Wildman–Crippen LogP) is -0.858. The van der Waals surface area contributed by atoms with Crippen molar-refractivity contribution in [2.75, 3.05) is 6.54 Å². The van der Waals surface area contributed by atoms with Gasteiger partial charge in [0, 0.05) is 13.0 Å². The minimum absolute atomic E-state index is 0.0984. The lowest BCUT2D eigenvalue weighted by Crippen LogP contribution is -2.34. The second kappa shape index (κ2) is 2.55. The summed E-state index contributed by atoms with van der Waals surface area (Å²) in [6.45, 7) is 0.408. The van der Waals surface area contributed by atoms with E-state index in [2.05, 4.69) is 10.6 Å². The molecule has 0 aliphatic carbocycles. The molecular formula is C5H8N2O3. The number of amides is 2. The second-order valence-corrected chi connectivity index (χ2v) is 2.15. The zero-order valence-corrected chi connectivity index (χ0v) is 5.26. The molecule has 0 bridgehead atoms. The number of rotatable bonds is 1. The quantitative estimate of drug-likeness (QED) is 0.448. The van der Waals surface area contributed by atoms with Gasteiger partial charge in [0.2, 0.25) is 5.91 Å². The van der Waals surface area contributed by atoms with E-state index >= 15 is 0 Å². The van der Waals surface area contributed by atoms with Crippen LogP contribution >= 0.6 is 0 Å². The van der Waals surface area contributed by atoms with Crippen molar-refractivity contribution in [3.63, 3.8) is 0 Å². The van der Waals surface area contributed by atoms with Crippen LogP contribution in [0.15, 0.2) is 0 Å². The molecule has 0 aromatic heterocycles. The van der Waals surface area contributed by atoms with Gasteiger partial charge in [0.15, 0.2) is 0 Å². The maximum atomic E-state index is 10.5. The average Bonchev–Trinajstić information content (AvgIpc) is 2.13. The van der Waals surface area contributed by atoms with Crippen molar-refractivity contribution < 1.29 is 14.7 Å². The summed E-state index contributed by atoms with van der Waals surface area (Å²) in [5.74, 6) is -0.0984. The molecule has 0 saturated carbocycles. The SMILES string of the molecule is O=C(O)N[C@H]1CNC(=O)C1. The van der Waals surface area contributed by atoms with E-state index < -0.39 is 6.09 Å². The molecule has 0 spiro atoms. The van der Waals surface area contributed by atoms with Gasteiger partial charge in [-0.2, -0.15) is 0 Å². The topological polar surface area (TPSA) is 78.4 Å². The fourth-order valence-corrected chi connectivity index (χ4v) is 0.882. The van der Waals surface area contributed by atoms with Crippen molar-refractivity contribution in [3.8, 4) is 0 Å². The Morgan fingerprint density at radius 3 is 2.90 bits per heavy atom. The summed E-state index contributed by atoms with van der Waals surface area (Å²) in [5.41, 5.74) is 0. The molecule has 1 saturated heterocycles. The molecule has 0 unspecified atom stereocenters. The summed E-state index contributed by atoms with van der Waals surface area (Å²) < 4.78 is 0. The molecule has 1 fully saturated rings. The second-order valence-electron chi connectivity index (χ2n) is 2.15. The summed E-state index contributed by atoms with van der Waals surface area (Å²) in [4.78, 5) is 20.5. The van der Waals surface area contributed by atoms with Crippen LogP contribution in [0.4, 0.5) is 4.79 Å². The van der Waals surface area contributed by atoms with E-state index in [1.165, 1.54) is 0 Å². The Hall–Kier alpha value is -1.26. The van der Waals surface area contributed by atoms with E-state index in [4.69, 9.17) is 5.11 Å². The minimum Gasteiger partial charge on any atom is -0.465 e. The standard InChI is InChI=1S/C5H8N2O3/c8-4-1-3(2-6-4)7-5(9)10/h3,7H,1-2H2,(H,6,8)(H,9,10)/t3-/m1/s1. The van der Waals surface area contributed by atoms with Crippen molar-refractivity contribution in [2.24, 2.45) is 0 Å². The number of nitrogens with one attached hydrogen (secondary N) is 2. The number of hydrogen-bond acceptors (Lipinski definition) is 2. The highest BCUT2D eigenvalue weighted by Crippen LogP contribution is 1.97. The van der Waals surface area contributed by atoms with Crippen molar-refractivity contribution in [1.82, 2.24) is 10.6 Å². The summed E-state index contributed by atoms with van der Waals surface area (Å²) in [5, 5.41) is 12.9. The molecular weight excluding hydrogens is 136 g/mol. The highest BCUT2D eigenvalue weighted by atomic mass is 16.4. The number of hydrogen-bond donors (Lipinski definition) is 3. The molecule has 5 nitrogen and oxygen atoms in total. The van der Waals surface area contributed by atoms with E-state index in [1.54, 1.807) is 0 Å². The Labute approximate surface area is 57.4 Å². The minimum atomic E-state index is -1.08. The van der Waals surface area contributed by atoms with Crippen LogP contribution in [0.2, 0.25) is 0 Å². The van der Waals surface area contributed by atoms with Crippen LogP contribution in [0.5, 0.6) is 0 Å². The lowest BCUT2D eigenvalue weighted by atomic mass is 10.3. The molecule has 0 aromatic rings. The van der Waals surface area contributed by atoms with Crippen molar-refractivity contribution in [3.05, 3.63) is 0 Å². The van der Waals surface area contributed by atoms with Crippen molar-refractivity contribution in [1.29, 1.82) is 0 Å². The molecule has 1 aliphatic rings. The van der Waals surface area contributed by atoms with Gasteiger partial charge in [-0.15, -0.1) is 0 Å². The molecule has 2 amide bonds. The molecule has 1 aliphatic heterocycles. The molecule has 1 rings (SSSR count). The smallest absolute Gasteiger partial charge is 0.404 e. The Bertz CT molecular complexity index is 168. The summed E-state index contributed by atoms with van der Waals surface area (Å²) in [7, 11) is 0. The van der Waals surface area contributed by atoms with Crippen LogP contribution in [0.1, 0.15) is 6.42 Å². The van der Waals surface area contributed by atoms with Gasteiger partial charge in [-0.25, -0.2) is 4.79 Å². The van der Waals surface area contributed by atoms with Gasteiger partial charge in [0.1, 0.15) is 0 Å². The van der Waals surface area contributed by atoms with Gasteiger partial charge in [-0.1, -0.05) is 0 Å². The lowest BCUT2D eigenvalue weighted by Gasteiger charge is -2.04. The van der Waals surface area contributed by atoms with Crippen molar-refractivity contribution in [2.45, 2.75) is 12.5 Å². The largest absolute Gasteiger partial charge is 0.465 e. The Morgan fingerprint density at radius 1 is 1.80 bits per heavy atom. The van der Waals surface area contributed by atoms with Crippen LogP contribution < -0.4 is 10.6 Å². The molecule has 1 atom stereocenters. The van der Waals surface area contributed by atoms with Gasteiger partial charge in [-0.05, 0) is 0 Å². The molecule has 5 heteroatoms. The number of carboxylic acid groups (broad SMARTS) is 1. The lowest BCUT2D eigenvalue weighted by molar-refractivity contribution is -0.119. The maximum absolute atomic E-state index is 10.5. The molecule has 10 heavy (non-hydrogen) atoms. The first-order valence-electron chi connectivity index (χ1n) is 2.94. The van der Waals surface area contributed by atoms with E-state index in [1.807, 2.05) is 0 Å². The van der Waals surface area contributed by atoms with Gasteiger partial charge < -0.3 is 15.7 Å². The number of carbonyl (C=O) groups is 2. The first kappa shape index (κ1) is 6.85. The predicted molar refractivity (Wildman–Crippen MR) is 32.6 cm³/mol. The molecule has 1 heterocycles. The zero-order chi connectivity index (χ0) is 7.56. The third-order valence-corrected chi connectivity index (χ3v) is 1.31. The van der Waals surface area contributed by atoms with Crippen LogP contribution in [0, 0.1) is 0 Å². The van der Waals surface area contributed by atoms with E-state index in [0.717, 1.165) is 0 Å². The Morgan fingerprint density at radius 2 is 2.50 bits per heavy atom. The summed E-state index contributed by atoms with van der Waals surface area (Å²) in [6.07, 6.45) is -0.826. The highest BCUT2D eigenvalue weighted by Gasteiger charge is 2.22. The van der Waals surface area contributed by atoms with E-state index in [-0.39, 0.29) is 18.4 Å². The van der Waals surface area contributed by atoms with Gasteiger partial charge in [0.05, 0.1) is 6.04 Å². The zero-order valence-electron chi connectivity index (χ0n) is 5.26. The Balaban J connectivity index is 2.31. The van der Waals surface area contributed by atoms with Crippen LogP contribution in [-0.4, -0.2) is 29.7 Å². The molecule has 56 valence electrons. The van der Waals surface area contributed by atoms with Gasteiger partial charge in [0.25, 0.3) is 0 Å². The molecule has 0 radical (unpaired) electrons. The van der Waals surface area contributed by atoms with Gasteiger partial charge in [-0.3, -0.25) is 4.79 Å². The third kappa shape index (κ3) is 1.61. The average molecular weight is 144 g/mol. The number of carbonyl (C=O) groups excluding carboxylic acids is 1. The fourth-order valence-electron chi connectivity index (χ4n) is 0.882. The first-order valence-corrected chi connectivity index (χ1v) is 2.94. The Kier molecular flexibility index (Phi) is 1.75. The first-order chi connectivity index (χ1) is 4.68. The normalized spacial score (nSPS) is 24.0. The molecule has 3 N–H and O–H groups in total. The maximum Gasteiger partial charge on any atom is 0.404 e. The van der Waals surface area contributed by atoms with Gasteiger partial charge >= 0.3 is 6.09 Å². The monoisotopic (exact) mass is 144 g/mol. The van der Waals surface area contributed by atoms with E-state index in [0.29, 0.717) is 6.54 Å². The fraction of sp³-hybridized carbons (Fsp3) is 0.600. The summed E-state index contributed by atoms with van der Waals surface area (Å²) in [6, 6.07) is -0.245. The summed E-state index contributed by atoms with van der Waals surface area (Å²) >= 11 is 0. The molecule has 0 aromatic carbocycles. The third-order valence-electron chi connectivity index (χ3n) is 1.31. The van der Waals surface area contributed by atoms with Crippen LogP contribution in [0.3, 0.4) is 0 Å². The highest BCUT2D eigenvalue weighted by molar-refractivity contribution is 5.80. The van der Waals surface area contributed by atoms with Crippen LogP contribution in [-0.2, 0) is 4.79 Å². The van der Waals surface area contributed by atoms with Crippen LogP contribution in [0.25, 0.3) is 0 Å². The van der Waals surface area contributed by atoms with Crippen molar-refractivity contribution >= 4 is 12.0 Å². The van der Waals surface area contributed by atoms with E-state index in [9.17, 15) is 9.59 Å².